The molecule has 3 rings (SSSR count). The molecule has 1 aliphatic carbocycles. The Kier molecular flexibility index (Phi) is 4.94. The Bertz CT molecular complexity index is 739. The summed E-state index contributed by atoms with van der Waals surface area (Å²) < 4.78 is 13.1. The zero-order chi connectivity index (χ0) is 17.1. The number of nitrogens with zero attached hydrogens (tertiary/aromatic N) is 2. The van der Waals surface area contributed by atoms with Crippen LogP contribution in [0.1, 0.15) is 25.7 Å². The van der Waals surface area contributed by atoms with Gasteiger partial charge >= 0.3 is 5.97 Å². The van der Waals surface area contributed by atoms with E-state index in [0.29, 0.717) is 35.1 Å². The van der Waals surface area contributed by atoms with E-state index >= 15 is 0 Å². The molecular formula is C17H17ClFN3O2. The molecule has 1 heterocycles. The molecular weight excluding hydrogens is 333 g/mol. The van der Waals surface area contributed by atoms with E-state index in [0.717, 1.165) is 12.8 Å². The maximum atomic E-state index is 13.1. The summed E-state index contributed by atoms with van der Waals surface area (Å²) in [5.41, 5.74) is 1.21. The van der Waals surface area contributed by atoms with Crippen molar-refractivity contribution in [2.45, 2.75) is 31.7 Å². The average molecular weight is 350 g/mol. The number of anilines is 1. The summed E-state index contributed by atoms with van der Waals surface area (Å²) in [6.07, 6.45) is 4.48. The topological polar surface area (TPSA) is 75.1 Å². The minimum atomic E-state index is -0.759. The van der Waals surface area contributed by atoms with Crippen molar-refractivity contribution in [3.63, 3.8) is 0 Å². The van der Waals surface area contributed by atoms with Gasteiger partial charge in [-0.1, -0.05) is 18.0 Å². The molecule has 0 spiro atoms. The number of benzene rings is 1. The van der Waals surface area contributed by atoms with Gasteiger partial charge in [-0.3, -0.25) is 4.79 Å². The van der Waals surface area contributed by atoms with Crippen LogP contribution in [-0.2, 0) is 4.79 Å². The van der Waals surface area contributed by atoms with Crippen molar-refractivity contribution in [3.8, 4) is 11.3 Å². The number of carbonyl (C=O) groups is 1. The number of nitrogens with one attached hydrogen (secondary N) is 1. The first-order valence-corrected chi connectivity index (χ1v) is 8.18. The lowest BCUT2D eigenvalue weighted by atomic mass is 9.86. The van der Waals surface area contributed by atoms with Crippen LogP contribution >= 0.6 is 11.6 Å². The normalized spacial score (nSPS) is 20.6. The van der Waals surface area contributed by atoms with E-state index in [1.807, 2.05) is 0 Å². The van der Waals surface area contributed by atoms with Crippen molar-refractivity contribution in [2.75, 3.05) is 5.32 Å². The molecule has 1 aliphatic rings. The third-order valence-corrected chi connectivity index (χ3v) is 4.50. The van der Waals surface area contributed by atoms with E-state index in [1.54, 1.807) is 12.1 Å². The molecule has 0 unspecified atom stereocenters. The molecule has 0 aliphatic heterocycles. The first-order valence-electron chi connectivity index (χ1n) is 7.81. The standard InChI is InChI=1S/C17H17ClFN3O2/c18-14-9-20-17(21-13-3-1-2-11(8-13)16(23)24)22-15(14)10-4-6-12(19)7-5-10/h4-7,9,11,13H,1-3,8H2,(H,23,24)(H,20,21,22)/t11-,13+/m0/s1. The van der Waals surface area contributed by atoms with Crippen LogP contribution in [0.4, 0.5) is 10.3 Å². The molecule has 2 atom stereocenters. The number of aromatic nitrogens is 2. The van der Waals surface area contributed by atoms with E-state index in [2.05, 4.69) is 15.3 Å². The Balaban J connectivity index is 1.78. The highest BCUT2D eigenvalue weighted by Gasteiger charge is 2.27. The van der Waals surface area contributed by atoms with Crippen molar-refractivity contribution in [2.24, 2.45) is 5.92 Å². The van der Waals surface area contributed by atoms with Crippen LogP contribution in [0, 0.1) is 11.7 Å². The van der Waals surface area contributed by atoms with Crippen LogP contribution in [0.25, 0.3) is 11.3 Å². The lowest BCUT2D eigenvalue weighted by molar-refractivity contribution is -0.142. The smallest absolute Gasteiger partial charge is 0.306 e. The van der Waals surface area contributed by atoms with Crippen LogP contribution in [0.2, 0.25) is 5.02 Å². The monoisotopic (exact) mass is 349 g/mol. The van der Waals surface area contributed by atoms with E-state index in [1.165, 1.54) is 18.3 Å². The highest BCUT2D eigenvalue weighted by Crippen LogP contribution is 2.29. The molecule has 0 saturated heterocycles. The number of carboxylic acids is 1. The lowest BCUT2D eigenvalue weighted by Crippen LogP contribution is -2.31. The highest BCUT2D eigenvalue weighted by molar-refractivity contribution is 6.32. The minimum absolute atomic E-state index is 0.0158. The van der Waals surface area contributed by atoms with Crippen molar-refractivity contribution in [1.29, 1.82) is 0 Å². The van der Waals surface area contributed by atoms with Gasteiger partial charge in [0, 0.05) is 11.6 Å². The third kappa shape index (κ3) is 3.82. The first-order chi connectivity index (χ1) is 11.5. The number of hydrogen-bond donors (Lipinski definition) is 2. The highest BCUT2D eigenvalue weighted by atomic mass is 35.5. The number of carboxylic acid groups (broad SMARTS) is 1. The van der Waals surface area contributed by atoms with Gasteiger partial charge in [0.05, 0.1) is 22.8 Å². The molecule has 2 aromatic rings. The minimum Gasteiger partial charge on any atom is -0.481 e. The molecule has 24 heavy (non-hydrogen) atoms. The second-order valence-corrected chi connectivity index (χ2v) is 6.35. The summed E-state index contributed by atoms with van der Waals surface area (Å²) in [4.78, 5) is 19.7. The van der Waals surface area contributed by atoms with Crippen LogP contribution < -0.4 is 5.32 Å². The van der Waals surface area contributed by atoms with Gasteiger partial charge in [-0.05, 0) is 43.5 Å². The predicted molar refractivity (Wildman–Crippen MR) is 89.4 cm³/mol. The summed E-state index contributed by atoms with van der Waals surface area (Å²) in [5.74, 6) is -1.02. The molecule has 0 bridgehead atoms. The largest absolute Gasteiger partial charge is 0.481 e. The van der Waals surface area contributed by atoms with Crippen molar-refractivity contribution >= 4 is 23.5 Å². The maximum absolute atomic E-state index is 13.1. The zero-order valence-electron chi connectivity index (χ0n) is 12.9. The molecule has 2 N–H and O–H groups in total. The Labute approximate surface area is 143 Å². The number of aliphatic carboxylic acids is 1. The summed E-state index contributed by atoms with van der Waals surface area (Å²) >= 11 is 6.15. The number of rotatable bonds is 4. The molecule has 1 aromatic carbocycles. The van der Waals surface area contributed by atoms with Gasteiger partial charge in [-0.15, -0.1) is 0 Å². The SMILES string of the molecule is O=C(O)[C@H]1CCC[C@@H](Nc2ncc(Cl)c(-c3ccc(F)cc3)n2)C1. The molecule has 5 nitrogen and oxygen atoms in total. The quantitative estimate of drug-likeness (QED) is 0.872. The lowest BCUT2D eigenvalue weighted by Gasteiger charge is -2.27. The molecule has 1 fully saturated rings. The Morgan fingerprint density at radius 1 is 1.29 bits per heavy atom. The molecule has 126 valence electrons. The predicted octanol–water partition coefficient (Wildman–Crippen LogP) is 3.99. The Morgan fingerprint density at radius 3 is 2.75 bits per heavy atom. The summed E-state index contributed by atoms with van der Waals surface area (Å²) in [6.45, 7) is 0. The van der Waals surface area contributed by atoms with Crippen LogP contribution in [0.5, 0.6) is 0 Å². The third-order valence-electron chi connectivity index (χ3n) is 4.22. The van der Waals surface area contributed by atoms with Crippen molar-refractivity contribution in [1.82, 2.24) is 9.97 Å². The summed E-state index contributed by atoms with van der Waals surface area (Å²) in [6, 6.07) is 5.92. The fourth-order valence-electron chi connectivity index (χ4n) is 2.97. The Hall–Kier alpha value is -2.21. The molecule has 0 radical (unpaired) electrons. The summed E-state index contributed by atoms with van der Waals surface area (Å²) in [5, 5.41) is 12.7. The molecule has 0 amide bonds. The van der Waals surface area contributed by atoms with Gasteiger partial charge in [0.2, 0.25) is 5.95 Å². The van der Waals surface area contributed by atoms with E-state index in [-0.39, 0.29) is 17.8 Å². The van der Waals surface area contributed by atoms with Crippen molar-refractivity contribution in [3.05, 3.63) is 41.3 Å². The van der Waals surface area contributed by atoms with Gasteiger partial charge in [0.25, 0.3) is 0 Å². The van der Waals surface area contributed by atoms with Gasteiger partial charge in [0.15, 0.2) is 0 Å². The second kappa shape index (κ2) is 7.13. The van der Waals surface area contributed by atoms with Crippen LogP contribution in [0.15, 0.2) is 30.5 Å². The molecule has 1 aromatic heterocycles. The average Bonchev–Trinajstić information content (AvgIpc) is 2.58. The fourth-order valence-corrected chi connectivity index (χ4v) is 3.17. The number of hydrogen-bond acceptors (Lipinski definition) is 4. The summed E-state index contributed by atoms with van der Waals surface area (Å²) in [7, 11) is 0. The molecule has 7 heteroatoms. The van der Waals surface area contributed by atoms with Gasteiger partial charge in [0.1, 0.15) is 5.82 Å². The van der Waals surface area contributed by atoms with Gasteiger partial charge in [-0.25, -0.2) is 14.4 Å². The maximum Gasteiger partial charge on any atom is 0.306 e. The van der Waals surface area contributed by atoms with E-state index < -0.39 is 5.97 Å². The fraction of sp³-hybridized carbons (Fsp3) is 0.353. The van der Waals surface area contributed by atoms with E-state index in [9.17, 15) is 9.18 Å². The first kappa shape index (κ1) is 16.6. The van der Waals surface area contributed by atoms with Crippen LogP contribution in [0.3, 0.4) is 0 Å². The zero-order valence-corrected chi connectivity index (χ0v) is 13.6. The van der Waals surface area contributed by atoms with Crippen molar-refractivity contribution < 1.29 is 14.3 Å². The van der Waals surface area contributed by atoms with Gasteiger partial charge < -0.3 is 10.4 Å². The second-order valence-electron chi connectivity index (χ2n) is 5.94. The Morgan fingerprint density at radius 2 is 2.04 bits per heavy atom. The molecule has 1 saturated carbocycles. The van der Waals surface area contributed by atoms with Crippen LogP contribution in [-0.4, -0.2) is 27.1 Å². The van der Waals surface area contributed by atoms with E-state index in [4.69, 9.17) is 16.7 Å². The number of halogens is 2. The van der Waals surface area contributed by atoms with Gasteiger partial charge in [-0.2, -0.15) is 0 Å².